The van der Waals surface area contributed by atoms with Crippen molar-refractivity contribution in [2.24, 2.45) is 4.99 Å². The van der Waals surface area contributed by atoms with E-state index in [1.165, 1.54) is 52.3 Å². The standard InChI is InChI=1S/C22H42N6O2/c1-4-23-20(25-19-8-14-27(15-9-19)21(29)30-3)24-18-22(10-16-26(2)17-11-22)28-12-6-5-7-13-28/h19H,4-18H2,1-3H3,(H2,23,24,25). The minimum Gasteiger partial charge on any atom is -0.453 e. The first-order chi connectivity index (χ1) is 14.6. The Hall–Kier alpha value is -1.54. The van der Waals surface area contributed by atoms with E-state index < -0.39 is 0 Å². The third kappa shape index (κ3) is 6.00. The van der Waals surface area contributed by atoms with Crippen molar-refractivity contribution in [3.8, 4) is 0 Å². The number of ether oxygens (including phenoxy) is 1. The van der Waals surface area contributed by atoms with E-state index in [-0.39, 0.29) is 11.6 Å². The zero-order valence-electron chi connectivity index (χ0n) is 19.3. The van der Waals surface area contributed by atoms with Crippen molar-refractivity contribution in [1.29, 1.82) is 0 Å². The van der Waals surface area contributed by atoms with Crippen LogP contribution in [0.15, 0.2) is 4.99 Å². The van der Waals surface area contributed by atoms with Gasteiger partial charge in [0.15, 0.2) is 5.96 Å². The monoisotopic (exact) mass is 422 g/mol. The van der Waals surface area contributed by atoms with Gasteiger partial charge in [0.1, 0.15) is 0 Å². The Morgan fingerprint density at radius 2 is 1.73 bits per heavy atom. The second kappa shape index (κ2) is 11.2. The predicted octanol–water partition coefficient (Wildman–Crippen LogP) is 1.72. The Kier molecular flexibility index (Phi) is 8.62. The Balaban J connectivity index is 1.62. The fourth-order valence-corrected chi connectivity index (χ4v) is 5.05. The summed E-state index contributed by atoms with van der Waals surface area (Å²) in [6.45, 7) is 10.0. The SMILES string of the molecule is CCNC(=NCC1(N2CCCCC2)CCN(C)CC1)NC1CCN(C(=O)OC)CC1. The number of guanidine groups is 1. The number of hydrogen-bond acceptors (Lipinski definition) is 5. The first kappa shape index (κ1) is 23.1. The van der Waals surface area contributed by atoms with E-state index in [1.807, 2.05) is 0 Å². The van der Waals surface area contributed by atoms with Crippen molar-refractivity contribution in [2.75, 3.05) is 66.5 Å². The Labute approximate surface area is 182 Å². The highest BCUT2D eigenvalue weighted by atomic mass is 16.5. The minimum atomic E-state index is -0.222. The average molecular weight is 423 g/mol. The third-order valence-corrected chi connectivity index (χ3v) is 7.09. The summed E-state index contributed by atoms with van der Waals surface area (Å²) in [4.78, 5) is 23.8. The highest BCUT2D eigenvalue weighted by Crippen LogP contribution is 2.31. The van der Waals surface area contributed by atoms with Gasteiger partial charge in [0.2, 0.25) is 0 Å². The average Bonchev–Trinajstić information content (AvgIpc) is 2.79. The Morgan fingerprint density at radius 1 is 1.07 bits per heavy atom. The molecule has 0 unspecified atom stereocenters. The maximum Gasteiger partial charge on any atom is 0.409 e. The third-order valence-electron chi connectivity index (χ3n) is 7.09. The van der Waals surface area contributed by atoms with Gasteiger partial charge in [-0.3, -0.25) is 9.89 Å². The highest BCUT2D eigenvalue weighted by Gasteiger charge is 2.39. The van der Waals surface area contributed by atoms with Gasteiger partial charge in [-0.1, -0.05) is 6.42 Å². The van der Waals surface area contributed by atoms with E-state index in [2.05, 4.69) is 34.4 Å². The quantitative estimate of drug-likeness (QED) is 0.519. The molecule has 3 aliphatic heterocycles. The van der Waals surface area contributed by atoms with Gasteiger partial charge >= 0.3 is 6.09 Å². The molecule has 3 rings (SSSR count). The summed E-state index contributed by atoms with van der Waals surface area (Å²) in [5, 5.41) is 7.08. The Bertz CT molecular complexity index is 562. The molecule has 8 heteroatoms. The zero-order valence-corrected chi connectivity index (χ0v) is 19.3. The number of rotatable bonds is 5. The largest absolute Gasteiger partial charge is 0.453 e. The number of aliphatic imine (C=N–C) groups is 1. The van der Waals surface area contributed by atoms with Gasteiger partial charge in [-0.15, -0.1) is 0 Å². The first-order valence-corrected chi connectivity index (χ1v) is 11.9. The molecule has 0 aromatic carbocycles. The normalized spacial score (nSPS) is 24.5. The molecule has 0 atom stereocenters. The molecule has 0 spiro atoms. The van der Waals surface area contributed by atoms with E-state index in [4.69, 9.17) is 9.73 Å². The van der Waals surface area contributed by atoms with Crippen molar-refractivity contribution in [1.82, 2.24) is 25.3 Å². The lowest BCUT2D eigenvalue weighted by Crippen LogP contribution is -2.58. The molecule has 3 aliphatic rings. The number of hydrogen-bond donors (Lipinski definition) is 2. The van der Waals surface area contributed by atoms with Crippen LogP contribution in [0.1, 0.15) is 51.9 Å². The number of methoxy groups -OCH3 is 1. The summed E-state index contributed by atoms with van der Waals surface area (Å²) >= 11 is 0. The second-order valence-corrected chi connectivity index (χ2v) is 9.15. The molecule has 1 amide bonds. The van der Waals surface area contributed by atoms with Gasteiger partial charge in [0.05, 0.1) is 13.7 Å². The number of piperidine rings is 3. The van der Waals surface area contributed by atoms with Crippen molar-refractivity contribution in [3.63, 3.8) is 0 Å². The molecule has 0 aromatic rings. The lowest BCUT2D eigenvalue weighted by atomic mass is 9.84. The van der Waals surface area contributed by atoms with Crippen LogP contribution in [-0.4, -0.2) is 105 Å². The summed E-state index contributed by atoms with van der Waals surface area (Å²) in [7, 11) is 3.68. The van der Waals surface area contributed by atoms with Gasteiger partial charge in [0.25, 0.3) is 0 Å². The summed E-state index contributed by atoms with van der Waals surface area (Å²) in [6, 6.07) is 0.340. The number of nitrogens with zero attached hydrogens (tertiary/aromatic N) is 4. The molecule has 8 nitrogen and oxygen atoms in total. The van der Waals surface area contributed by atoms with Gasteiger partial charge < -0.3 is 25.2 Å². The van der Waals surface area contributed by atoms with Gasteiger partial charge in [-0.2, -0.15) is 0 Å². The van der Waals surface area contributed by atoms with E-state index in [1.54, 1.807) is 4.90 Å². The van der Waals surface area contributed by atoms with Crippen molar-refractivity contribution >= 4 is 12.1 Å². The second-order valence-electron chi connectivity index (χ2n) is 9.15. The lowest BCUT2D eigenvalue weighted by molar-refractivity contribution is 0.0208. The minimum absolute atomic E-state index is 0.198. The van der Waals surface area contributed by atoms with Crippen LogP contribution >= 0.6 is 0 Å². The fraction of sp³-hybridized carbons (Fsp3) is 0.909. The van der Waals surface area contributed by atoms with Crippen LogP contribution in [0.3, 0.4) is 0 Å². The maximum absolute atomic E-state index is 11.7. The lowest BCUT2D eigenvalue weighted by Gasteiger charge is -2.49. The van der Waals surface area contributed by atoms with Crippen molar-refractivity contribution < 1.29 is 9.53 Å². The van der Waals surface area contributed by atoms with Crippen LogP contribution in [0.25, 0.3) is 0 Å². The summed E-state index contributed by atoms with van der Waals surface area (Å²) in [5.74, 6) is 0.921. The van der Waals surface area contributed by atoms with Crippen molar-refractivity contribution in [3.05, 3.63) is 0 Å². The number of amides is 1. The highest BCUT2D eigenvalue weighted by molar-refractivity contribution is 5.80. The first-order valence-electron chi connectivity index (χ1n) is 11.9. The zero-order chi connectivity index (χ0) is 21.4. The van der Waals surface area contributed by atoms with E-state index in [0.29, 0.717) is 6.04 Å². The van der Waals surface area contributed by atoms with Gasteiger partial charge in [-0.05, 0) is 78.7 Å². The van der Waals surface area contributed by atoms with E-state index in [9.17, 15) is 4.79 Å². The molecule has 0 aliphatic carbocycles. The topological polar surface area (TPSA) is 72.4 Å². The van der Waals surface area contributed by atoms with Crippen molar-refractivity contribution in [2.45, 2.75) is 63.5 Å². The van der Waals surface area contributed by atoms with Crippen LogP contribution in [0.4, 0.5) is 4.79 Å². The van der Waals surface area contributed by atoms with Crippen LogP contribution in [0.2, 0.25) is 0 Å². The number of nitrogens with one attached hydrogen (secondary N) is 2. The molecule has 2 N–H and O–H groups in total. The molecular weight excluding hydrogens is 380 g/mol. The van der Waals surface area contributed by atoms with Crippen LogP contribution in [0.5, 0.6) is 0 Å². The molecule has 0 saturated carbocycles. The van der Waals surface area contributed by atoms with Crippen LogP contribution in [0, 0.1) is 0 Å². The molecule has 3 heterocycles. The molecule has 0 radical (unpaired) electrons. The Morgan fingerprint density at radius 3 is 2.33 bits per heavy atom. The summed E-state index contributed by atoms with van der Waals surface area (Å²) in [6.07, 6.45) is 8.01. The fourth-order valence-electron chi connectivity index (χ4n) is 5.05. The molecule has 0 bridgehead atoms. The summed E-state index contributed by atoms with van der Waals surface area (Å²) < 4.78 is 4.85. The van der Waals surface area contributed by atoms with E-state index in [0.717, 1.165) is 58.1 Å². The maximum atomic E-state index is 11.7. The molecule has 0 aromatic heterocycles. The smallest absolute Gasteiger partial charge is 0.409 e. The predicted molar refractivity (Wildman–Crippen MR) is 121 cm³/mol. The molecule has 3 fully saturated rings. The number of likely N-dealkylation sites (tertiary alicyclic amines) is 3. The molecule has 172 valence electrons. The molecular formula is C22H42N6O2. The van der Waals surface area contributed by atoms with Crippen LogP contribution < -0.4 is 10.6 Å². The van der Waals surface area contributed by atoms with Gasteiger partial charge in [0, 0.05) is 31.2 Å². The van der Waals surface area contributed by atoms with Crippen LogP contribution in [-0.2, 0) is 4.74 Å². The number of carbonyl (C=O) groups excluding carboxylic acids is 1. The van der Waals surface area contributed by atoms with E-state index >= 15 is 0 Å². The molecule has 3 saturated heterocycles. The number of carbonyl (C=O) groups is 1. The molecule has 30 heavy (non-hydrogen) atoms. The van der Waals surface area contributed by atoms with Gasteiger partial charge in [-0.25, -0.2) is 4.79 Å². The summed E-state index contributed by atoms with van der Waals surface area (Å²) in [5.41, 5.74) is 0.198.